The van der Waals surface area contributed by atoms with Crippen molar-refractivity contribution >= 4 is 17.2 Å². The number of benzene rings is 1. The van der Waals surface area contributed by atoms with E-state index in [4.69, 9.17) is 14.5 Å². The maximum Gasteiger partial charge on any atom is 0.282 e. The highest BCUT2D eigenvalue weighted by atomic mass is 32.1. The molecule has 0 spiro atoms. The van der Waals surface area contributed by atoms with Crippen molar-refractivity contribution in [2.45, 2.75) is 18.9 Å². The highest BCUT2D eigenvalue weighted by Crippen LogP contribution is 2.40. The van der Waals surface area contributed by atoms with Crippen molar-refractivity contribution in [3.8, 4) is 28.1 Å². The smallest absolute Gasteiger partial charge is 0.282 e. The van der Waals surface area contributed by atoms with Crippen molar-refractivity contribution in [1.29, 1.82) is 0 Å². The van der Waals surface area contributed by atoms with Gasteiger partial charge in [-0.2, -0.15) is 5.10 Å². The third-order valence-electron chi connectivity index (χ3n) is 6.55. The molecule has 1 unspecified atom stereocenters. The molecule has 8 nitrogen and oxygen atoms in total. The van der Waals surface area contributed by atoms with E-state index in [0.717, 1.165) is 85.2 Å². The van der Waals surface area contributed by atoms with Crippen LogP contribution in [0.1, 0.15) is 21.1 Å². The number of morpholine rings is 1. The molecule has 0 aliphatic carbocycles. The normalized spacial score (nSPS) is 21.0. The fourth-order valence-electron chi connectivity index (χ4n) is 4.80. The van der Waals surface area contributed by atoms with E-state index < -0.39 is 0 Å². The first-order valence-electron chi connectivity index (χ1n) is 11.1. The summed E-state index contributed by atoms with van der Waals surface area (Å²) in [6.45, 7) is 5.62. The molecule has 1 amide bonds. The van der Waals surface area contributed by atoms with Gasteiger partial charge in [0.2, 0.25) is 0 Å². The molecule has 32 heavy (non-hydrogen) atoms. The van der Waals surface area contributed by atoms with Crippen LogP contribution in [0.15, 0.2) is 30.6 Å². The maximum atomic E-state index is 13.3. The molecule has 0 radical (unpaired) electrons. The summed E-state index contributed by atoms with van der Waals surface area (Å²) in [5, 5.41) is 7.47. The van der Waals surface area contributed by atoms with Crippen LogP contribution in [0.4, 0.5) is 0 Å². The number of likely N-dealkylation sites (tertiary alicyclic amines) is 1. The average molecular weight is 452 g/mol. The monoisotopic (exact) mass is 451 g/mol. The van der Waals surface area contributed by atoms with Gasteiger partial charge < -0.3 is 14.4 Å². The van der Waals surface area contributed by atoms with Crippen LogP contribution in [-0.4, -0.2) is 82.9 Å². The molecule has 3 aromatic rings. The number of carbonyl (C=O) groups is 1. The van der Waals surface area contributed by atoms with E-state index in [-0.39, 0.29) is 5.91 Å². The van der Waals surface area contributed by atoms with Gasteiger partial charge in [-0.1, -0.05) is 6.07 Å². The first-order chi connectivity index (χ1) is 15.8. The number of hydrogen-bond donors (Lipinski definition) is 1. The van der Waals surface area contributed by atoms with Gasteiger partial charge in [0, 0.05) is 60.8 Å². The van der Waals surface area contributed by atoms with Crippen molar-refractivity contribution in [2.75, 3.05) is 46.0 Å². The topological polar surface area (TPSA) is 83.6 Å². The van der Waals surface area contributed by atoms with Crippen LogP contribution in [0.2, 0.25) is 0 Å². The molecule has 3 aliphatic heterocycles. The lowest BCUT2D eigenvalue weighted by atomic mass is 10.0. The second-order valence-electron chi connectivity index (χ2n) is 8.43. The number of nitrogens with zero attached hydrogens (tertiary/aromatic N) is 4. The number of H-pyrrole nitrogens is 1. The van der Waals surface area contributed by atoms with E-state index in [2.05, 4.69) is 21.2 Å². The minimum absolute atomic E-state index is 0.0521. The molecule has 1 atom stereocenters. The number of aromatic nitrogens is 3. The molecule has 5 heterocycles. The molecular formula is C23H25N5O3S. The minimum atomic E-state index is 0.0521. The SMILES string of the molecule is O=C(c1nc2c(s1)CCOc1cc(-c3cn[nH]c3)ccc1-2)N1CCC(N2CCOCC2)C1. The van der Waals surface area contributed by atoms with Crippen LogP contribution in [0.25, 0.3) is 22.4 Å². The van der Waals surface area contributed by atoms with Crippen LogP contribution in [-0.2, 0) is 11.2 Å². The van der Waals surface area contributed by atoms with Crippen molar-refractivity contribution in [3.63, 3.8) is 0 Å². The summed E-state index contributed by atoms with van der Waals surface area (Å²) >= 11 is 1.52. The van der Waals surface area contributed by atoms with Crippen LogP contribution < -0.4 is 4.74 Å². The molecular weight excluding hydrogens is 426 g/mol. The van der Waals surface area contributed by atoms with Gasteiger partial charge in [-0.25, -0.2) is 4.98 Å². The van der Waals surface area contributed by atoms with Crippen LogP contribution in [0.5, 0.6) is 5.75 Å². The standard InChI is InChI=1S/C23H25N5O3S/c29-23(28-5-3-17(14-28)27-6-9-30-10-7-27)22-26-21-18-2-1-15(16-12-24-25-13-16)11-19(18)31-8-4-20(21)32-22/h1-2,11-13,17H,3-10,14H2,(H,24,25). The van der Waals surface area contributed by atoms with Gasteiger partial charge in [0.15, 0.2) is 5.01 Å². The lowest BCUT2D eigenvalue weighted by Crippen LogP contribution is -2.45. The first-order valence-corrected chi connectivity index (χ1v) is 11.9. The summed E-state index contributed by atoms with van der Waals surface area (Å²) < 4.78 is 11.5. The van der Waals surface area contributed by atoms with Crippen molar-refractivity contribution in [1.82, 2.24) is 25.0 Å². The molecule has 2 aromatic heterocycles. The summed E-state index contributed by atoms with van der Waals surface area (Å²) in [5.41, 5.74) is 3.89. The second kappa shape index (κ2) is 8.31. The Morgan fingerprint density at radius 3 is 2.91 bits per heavy atom. The molecule has 1 aromatic carbocycles. The first kappa shape index (κ1) is 19.9. The minimum Gasteiger partial charge on any atom is -0.492 e. The lowest BCUT2D eigenvalue weighted by Gasteiger charge is -2.31. The van der Waals surface area contributed by atoms with E-state index in [0.29, 0.717) is 17.7 Å². The molecule has 1 N–H and O–H groups in total. The number of rotatable bonds is 3. The summed E-state index contributed by atoms with van der Waals surface area (Å²) in [6.07, 6.45) is 5.43. The Morgan fingerprint density at radius 2 is 2.06 bits per heavy atom. The second-order valence-corrected chi connectivity index (χ2v) is 9.51. The fraction of sp³-hybridized carbons (Fsp3) is 0.435. The molecule has 3 aliphatic rings. The molecule has 2 fully saturated rings. The third-order valence-corrected chi connectivity index (χ3v) is 7.65. The Morgan fingerprint density at radius 1 is 1.16 bits per heavy atom. The van der Waals surface area contributed by atoms with Crippen LogP contribution in [0.3, 0.4) is 0 Å². The van der Waals surface area contributed by atoms with Gasteiger partial charge in [-0.3, -0.25) is 14.8 Å². The molecule has 2 saturated heterocycles. The molecule has 166 valence electrons. The molecule has 0 saturated carbocycles. The number of ether oxygens (including phenoxy) is 2. The quantitative estimate of drug-likeness (QED) is 0.659. The number of hydrogen-bond acceptors (Lipinski definition) is 7. The average Bonchev–Trinajstić information content (AvgIpc) is 3.59. The predicted molar refractivity (Wildman–Crippen MR) is 121 cm³/mol. The van der Waals surface area contributed by atoms with Gasteiger partial charge in [-0.05, 0) is 24.1 Å². The van der Waals surface area contributed by atoms with Crippen molar-refractivity contribution < 1.29 is 14.3 Å². The number of amides is 1. The summed E-state index contributed by atoms with van der Waals surface area (Å²) in [5.74, 6) is 0.858. The number of thiazole rings is 1. The zero-order valence-electron chi connectivity index (χ0n) is 17.7. The summed E-state index contributed by atoms with van der Waals surface area (Å²) in [4.78, 5) is 23.7. The zero-order chi connectivity index (χ0) is 21.5. The van der Waals surface area contributed by atoms with E-state index in [9.17, 15) is 4.79 Å². The maximum absolute atomic E-state index is 13.3. The van der Waals surface area contributed by atoms with E-state index in [1.807, 2.05) is 23.2 Å². The Kier molecular flexibility index (Phi) is 5.17. The van der Waals surface area contributed by atoms with Gasteiger partial charge in [0.1, 0.15) is 5.75 Å². The van der Waals surface area contributed by atoms with Gasteiger partial charge in [-0.15, -0.1) is 11.3 Å². The lowest BCUT2D eigenvalue weighted by molar-refractivity contribution is 0.0185. The zero-order valence-corrected chi connectivity index (χ0v) is 18.6. The van der Waals surface area contributed by atoms with Crippen molar-refractivity contribution in [2.24, 2.45) is 0 Å². The van der Waals surface area contributed by atoms with Gasteiger partial charge in [0.05, 0.1) is 31.7 Å². The van der Waals surface area contributed by atoms with E-state index in [1.165, 1.54) is 11.3 Å². The molecule has 9 heteroatoms. The van der Waals surface area contributed by atoms with Gasteiger partial charge >= 0.3 is 0 Å². The van der Waals surface area contributed by atoms with Gasteiger partial charge in [0.25, 0.3) is 5.91 Å². The predicted octanol–water partition coefficient (Wildman–Crippen LogP) is 2.68. The number of aromatic amines is 1. The number of nitrogens with one attached hydrogen (secondary N) is 1. The Balaban J connectivity index is 1.24. The Bertz CT molecular complexity index is 1120. The summed E-state index contributed by atoms with van der Waals surface area (Å²) in [6, 6.07) is 6.55. The van der Waals surface area contributed by atoms with E-state index >= 15 is 0 Å². The Hall–Kier alpha value is -2.75. The van der Waals surface area contributed by atoms with E-state index in [1.54, 1.807) is 6.20 Å². The van der Waals surface area contributed by atoms with Crippen LogP contribution in [0, 0.1) is 0 Å². The molecule has 0 bridgehead atoms. The molecule has 6 rings (SSSR count). The third kappa shape index (κ3) is 3.60. The highest BCUT2D eigenvalue weighted by Gasteiger charge is 2.33. The fourth-order valence-corrected chi connectivity index (χ4v) is 5.83. The van der Waals surface area contributed by atoms with Crippen LogP contribution >= 0.6 is 11.3 Å². The number of fused-ring (bicyclic) bond motifs is 3. The van der Waals surface area contributed by atoms with Crippen molar-refractivity contribution in [3.05, 3.63) is 40.5 Å². The highest BCUT2D eigenvalue weighted by molar-refractivity contribution is 7.14. The Labute approximate surface area is 190 Å². The summed E-state index contributed by atoms with van der Waals surface area (Å²) in [7, 11) is 0. The largest absolute Gasteiger partial charge is 0.492 e. The number of carbonyl (C=O) groups excluding carboxylic acids is 1.